The number of carbonyl (C=O) groups is 2. The first-order valence-corrected chi connectivity index (χ1v) is 8.55. The molecule has 3 aromatic rings. The smallest absolute Gasteiger partial charge is 0.338 e. The predicted octanol–water partition coefficient (Wildman–Crippen LogP) is 4.25. The van der Waals surface area contributed by atoms with E-state index in [2.05, 4.69) is 10.3 Å². The lowest BCUT2D eigenvalue weighted by Gasteiger charge is -2.08. The third-order valence-corrected chi connectivity index (χ3v) is 4.05. The maximum absolute atomic E-state index is 12.2. The van der Waals surface area contributed by atoms with E-state index in [-0.39, 0.29) is 12.5 Å². The number of aromatic nitrogens is 1. The summed E-state index contributed by atoms with van der Waals surface area (Å²) in [5.41, 5.74) is 2.83. The summed E-state index contributed by atoms with van der Waals surface area (Å²) in [6.07, 6.45) is 0.876. The number of hydrogen-bond donors (Lipinski definition) is 1. The van der Waals surface area contributed by atoms with Crippen LogP contribution in [0.3, 0.4) is 0 Å². The second-order valence-electron chi connectivity index (χ2n) is 5.72. The largest absolute Gasteiger partial charge is 0.452 e. The monoisotopic (exact) mass is 368 g/mol. The Morgan fingerprint density at radius 2 is 1.96 bits per heavy atom. The van der Waals surface area contributed by atoms with E-state index in [0.29, 0.717) is 21.9 Å². The third-order valence-electron chi connectivity index (χ3n) is 3.84. The topological polar surface area (TPSA) is 68.3 Å². The van der Waals surface area contributed by atoms with Crippen molar-refractivity contribution < 1.29 is 14.3 Å². The highest BCUT2D eigenvalue weighted by Crippen LogP contribution is 2.17. The number of esters is 1. The number of hydrogen-bond acceptors (Lipinski definition) is 4. The molecule has 3 rings (SSSR count). The minimum atomic E-state index is -0.570. The van der Waals surface area contributed by atoms with Gasteiger partial charge in [0.2, 0.25) is 0 Å². The van der Waals surface area contributed by atoms with E-state index < -0.39 is 5.97 Å². The summed E-state index contributed by atoms with van der Waals surface area (Å²) >= 11 is 5.84. The number of halogens is 1. The van der Waals surface area contributed by atoms with Gasteiger partial charge in [-0.3, -0.25) is 4.79 Å². The Morgan fingerprint density at radius 3 is 2.77 bits per heavy atom. The van der Waals surface area contributed by atoms with Crippen LogP contribution in [0.2, 0.25) is 5.15 Å². The Morgan fingerprint density at radius 1 is 1.12 bits per heavy atom. The molecule has 1 heterocycles. The molecule has 1 N–H and O–H groups in total. The molecule has 6 heteroatoms. The molecule has 1 aromatic heterocycles. The molecule has 0 aliphatic rings. The quantitative estimate of drug-likeness (QED) is 0.540. The van der Waals surface area contributed by atoms with Crippen LogP contribution >= 0.6 is 11.6 Å². The van der Waals surface area contributed by atoms with Gasteiger partial charge in [-0.05, 0) is 54.4 Å². The van der Waals surface area contributed by atoms with Gasteiger partial charge in [0.05, 0.1) is 11.1 Å². The van der Waals surface area contributed by atoms with Crippen molar-refractivity contribution in [2.75, 3.05) is 11.9 Å². The number of nitrogens with one attached hydrogen (secondary N) is 1. The Bertz CT molecular complexity index is 972. The minimum Gasteiger partial charge on any atom is -0.452 e. The standard InChI is InChI=1S/C20H17ClN2O3/c1-2-13-4-3-5-16(10-13)22-19(24)12-26-20(25)15-6-8-17-14(11-15)7-9-18(21)23-17/h3-11H,2,12H2,1H3,(H,22,24). The fourth-order valence-corrected chi connectivity index (χ4v) is 2.66. The van der Waals surface area contributed by atoms with Gasteiger partial charge in [-0.2, -0.15) is 0 Å². The Labute approximate surface area is 156 Å². The molecule has 132 valence electrons. The SMILES string of the molecule is CCc1cccc(NC(=O)COC(=O)c2ccc3nc(Cl)ccc3c2)c1. The molecule has 1 amide bonds. The molecule has 0 saturated heterocycles. The normalized spacial score (nSPS) is 10.5. The number of rotatable bonds is 5. The molecule has 5 nitrogen and oxygen atoms in total. The number of amides is 1. The number of pyridine rings is 1. The van der Waals surface area contributed by atoms with Gasteiger partial charge in [0.1, 0.15) is 5.15 Å². The summed E-state index contributed by atoms with van der Waals surface area (Å²) in [4.78, 5) is 28.3. The average molecular weight is 369 g/mol. The molecular formula is C20H17ClN2O3. The van der Waals surface area contributed by atoms with Crippen molar-refractivity contribution >= 4 is 40.1 Å². The summed E-state index contributed by atoms with van der Waals surface area (Å²) in [7, 11) is 0. The van der Waals surface area contributed by atoms with Gasteiger partial charge in [-0.1, -0.05) is 30.7 Å². The van der Waals surface area contributed by atoms with Gasteiger partial charge in [0, 0.05) is 11.1 Å². The van der Waals surface area contributed by atoms with Crippen LogP contribution in [0.5, 0.6) is 0 Å². The van der Waals surface area contributed by atoms with Crippen LogP contribution in [0.15, 0.2) is 54.6 Å². The summed E-state index contributed by atoms with van der Waals surface area (Å²) < 4.78 is 5.09. The van der Waals surface area contributed by atoms with Crippen molar-refractivity contribution in [1.29, 1.82) is 0 Å². The molecule has 0 spiro atoms. The van der Waals surface area contributed by atoms with Crippen molar-refractivity contribution in [2.24, 2.45) is 0 Å². The number of aryl methyl sites for hydroxylation is 1. The van der Waals surface area contributed by atoms with Gasteiger partial charge in [-0.15, -0.1) is 0 Å². The van der Waals surface area contributed by atoms with E-state index in [0.717, 1.165) is 17.4 Å². The van der Waals surface area contributed by atoms with Crippen molar-refractivity contribution in [2.45, 2.75) is 13.3 Å². The zero-order valence-electron chi connectivity index (χ0n) is 14.2. The van der Waals surface area contributed by atoms with Gasteiger partial charge in [0.25, 0.3) is 5.91 Å². The molecule has 0 unspecified atom stereocenters. The first-order valence-electron chi connectivity index (χ1n) is 8.17. The third kappa shape index (κ3) is 4.37. The number of fused-ring (bicyclic) bond motifs is 1. The highest BCUT2D eigenvalue weighted by Gasteiger charge is 2.11. The number of benzene rings is 2. The minimum absolute atomic E-state index is 0.349. The molecule has 0 atom stereocenters. The van der Waals surface area contributed by atoms with E-state index in [9.17, 15) is 9.59 Å². The number of carbonyl (C=O) groups excluding carboxylic acids is 2. The van der Waals surface area contributed by atoms with Gasteiger partial charge < -0.3 is 10.1 Å². The van der Waals surface area contributed by atoms with E-state index in [4.69, 9.17) is 16.3 Å². The lowest BCUT2D eigenvalue weighted by atomic mass is 10.1. The lowest BCUT2D eigenvalue weighted by Crippen LogP contribution is -2.21. The molecule has 0 radical (unpaired) electrons. The number of nitrogens with zero attached hydrogens (tertiary/aromatic N) is 1. The molecule has 0 saturated carbocycles. The molecule has 2 aromatic carbocycles. The lowest BCUT2D eigenvalue weighted by molar-refractivity contribution is -0.119. The number of ether oxygens (including phenoxy) is 1. The molecular weight excluding hydrogens is 352 g/mol. The highest BCUT2D eigenvalue weighted by molar-refractivity contribution is 6.29. The van der Waals surface area contributed by atoms with Crippen LogP contribution < -0.4 is 5.32 Å². The summed E-state index contributed by atoms with van der Waals surface area (Å²) in [5, 5.41) is 3.87. The van der Waals surface area contributed by atoms with E-state index in [1.54, 1.807) is 36.4 Å². The van der Waals surface area contributed by atoms with Gasteiger partial charge >= 0.3 is 5.97 Å². The van der Waals surface area contributed by atoms with Gasteiger partial charge in [-0.25, -0.2) is 9.78 Å². The maximum Gasteiger partial charge on any atom is 0.338 e. The van der Waals surface area contributed by atoms with E-state index in [1.165, 1.54) is 0 Å². The highest BCUT2D eigenvalue weighted by atomic mass is 35.5. The van der Waals surface area contributed by atoms with E-state index in [1.807, 2.05) is 25.1 Å². The van der Waals surface area contributed by atoms with Crippen molar-refractivity contribution in [1.82, 2.24) is 4.98 Å². The van der Waals surface area contributed by atoms with Crippen molar-refractivity contribution in [3.63, 3.8) is 0 Å². The molecule has 0 bridgehead atoms. The average Bonchev–Trinajstić information content (AvgIpc) is 2.65. The predicted molar refractivity (Wildman–Crippen MR) is 101 cm³/mol. The van der Waals surface area contributed by atoms with E-state index >= 15 is 0 Å². The van der Waals surface area contributed by atoms with Crippen molar-refractivity contribution in [3.05, 3.63) is 70.9 Å². The Hall–Kier alpha value is -2.92. The van der Waals surface area contributed by atoms with Crippen LogP contribution in [0, 0.1) is 0 Å². The van der Waals surface area contributed by atoms with Gasteiger partial charge in [0.15, 0.2) is 6.61 Å². The fourth-order valence-electron chi connectivity index (χ4n) is 2.51. The Balaban J connectivity index is 1.61. The zero-order valence-corrected chi connectivity index (χ0v) is 14.9. The van der Waals surface area contributed by atoms with Crippen LogP contribution in [0.4, 0.5) is 5.69 Å². The second-order valence-corrected chi connectivity index (χ2v) is 6.11. The molecule has 26 heavy (non-hydrogen) atoms. The molecule has 0 fully saturated rings. The summed E-state index contributed by atoms with van der Waals surface area (Å²) in [6, 6.07) is 15.9. The second kappa shape index (κ2) is 7.97. The summed E-state index contributed by atoms with van der Waals surface area (Å²) in [5.74, 6) is -0.958. The van der Waals surface area contributed by atoms with Crippen LogP contribution in [0.1, 0.15) is 22.8 Å². The first kappa shape index (κ1) is 17.9. The zero-order chi connectivity index (χ0) is 18.5. The maximum atomic E-state index is 12.2. The van der Waals surface area contributed by atoms with Crippen molar-refractivity contribution in [3.8, 4) is 0 Å². The molecule has 0 aliphatic heterocycles. The van der Waals surface area contributed by atoms with Crippen LogP contribution in [-0.2, 0) is 16.0 Å². The summed E-state index contributed by atoms with van der Waals surface area (Å²) in [6.45, 7) is 1.68. The Kier molecular flexibility index (Phi) is 5.49. The fraction of sp³-hybridized carbons (Fsp3) is 0.150. The number of anilines is 1. The molecule has 0 aliphatic carbocycles. The van der Waals surface area contributed by atoms with Crippen LogP contribution in [-0.4, -0.2) is 23.5 Å². The first-order chi connectivity index (χ1) is 12.5. The van der Waals surface area contributed by atoms with Crippen LogP contribution in [0.25, 0.3) is 10.9 Å².